The van der Waals surface area contributed by atoms with Gasteiger partial charge in [-0.3, -0.25) is 4.79 Å². The summed E-state index contributed by atoms with van der Waals surface area (Å²) >= 11 is 0. The van der Waals surface area contributed by atoms with Crippen LogP contribution in [0.2, 0.25) is 0 Å². The van der Waals surface area contributed by atoms with Gasteiger partial charge in [0.25, 0.3) is 0 Å². The third-order valence-electron chi connectivity index (χ3n) is 3.51. The first-order chi connectivity index (χ1) is 9.20. The molecule has 2 rings (SSSR count). The summed E-state index contributed by atoms with van der Waals surface area (Å²) in [6.45, 7) is 3.94. The monoisotopic (exact) mass is 259 g/mol. The normalized spacial score (nSPS) is 19.7. The minimum absolute atomic E-state index is 0.0949. The topological polar surface area (TPSA) is 29.5 Å². The number of hydrogen-bond acceptors (Lipinski definition) is 2. The number of carbonyl (C=O) groups is 1. The van der Waals surface area contributed by atoms with Gasteiger partial charge < -0.3 is 9.64 Å². The molecule has 1 aromatic rings. The molecule has 1 aliphatic heterocycles. The molecule has 0 spiro atoms. The first-order valence-electron chi connectivity index (χ1n) is 6.80. The number of para-hydroxylation sites is 1. The Hall–Kier alpha value is -1.77. The Morgan fingerprint density at radius 2 is 2.21 bits per heavy atom. The highest BCUT2D eigenvalue weighted by Crippen LogP contribution is 2.20. The third-order valence-corrected chi connectivity index (χ3v) is 3.51. The highest BCUT2D eigenvalue weighted by molar-refractivity contribution is 5.92. The molecule has 1 aromatic carbocycles. The van der Waals surface area contributed by atoms with E-state index in [-0.39, 0.29) is 5.91 Å². The summed E-state index contributed by atoms with van der Waals surface area (Å²) in [5.41, 5.74) is 0.934. The number of methoxy groups -OCH3 is 1. The van der Waals surface area contributed by atoms with Gasteiger partial charge in [-0.1, -0.05) is 25.1 Å². The van der Waals surface area contributed by atoms with E-state index >= 15 is 0 Å². The van der Waals surface area contributed by atoms with Crippen LogP contribution < -0.4 is 4.74 Å². The van der Waals surface area contributed by atoms with Crippen LogP contribution in [0.4, 0.5) is 0 Å². The molecule has 0 radical (unpaired) electrons. The lowest BCUT2D eigenvalue weighted by atomic mass is 10.0. The van der Waals surface area contributed by atoms with E-state index in [0.29, 0.717) is 5.92 Å². The zero-order chi connectivity index (χ0) is 13.7. The first kappa shape index (κ1) is 13.7. The lowest BCUT2D eigenvalue weighted by Gasteiger charge is -2.30. The maximum absolute atomic E-state index is 12.1. The van der Waals surface area contributed by atoms with Gasteiger partial charge in [-0.2, -0.15) is 0 Å². The summed E-state index contributed by atoms with van der Waals surface area (Å²) in [4.78, 5) is 14.0. The molecule has 19 heavy (non-hydrogen) atoms. The van der Waals surface area contributed by atoms with Crippen molar-refractivity contribution in [2.75, 3.05) is 20.2 Å². The van der Waals surface area contributed by atoms with Crippen molar-refractivity contribution in [3.8, 4) is 5.75 Å². The van der Waals surface area contributed by atoms with E-state index in [2.05, 4.69) is 6.92 Å². The standard InChI is InChI=1S/C16H21NO2/c1-13-6-5-11-17(12-13)16(18)10-9-14-7-3-4-8-15(14)19-2/h3-4,7-10,13H,5-6,11-12H2,1-2H3/b10-9+/t13-/m1/s1. The van der Waals surface area contributed by atoms with Crippen molar-refractivity contribution in [2.24, 2.45) is 5.92 Å². The quantitative estimate of drug-likeness (QED) is 0.781. The second kappa shape index (κ2) is 6.41. The van der Waals surface area contributed by atoms with Crippen LogP contribution >= 0.6 is 0 Å². The number of rotatable bonds is 3. The Labute approximate surface area is 114 Å². The Kier molecular flexibility index (Phi) is 4.61. The molecule has 0 saturated carbocycles. The van der Waals surface area contributed by atoms with Gasteiger partial charge in [0.05, 0.1) is 7.11 Å². The van der Waals surface area contributed by atoms with Gasteiger partial charge in [-0.05, 0) is 30.9 Å². The van der Waals surface area contributed by atoms with Crippen LogP contribution in [0.1, 0.15) is 25.3 Å². The van der Waals surface area contributed by atoms with Crippen molar-refractivity contribution in [1.82, 2.24) is 4.90 Å². The van der Waals surface area contributed by atoms with Crippen molar-refractivity contribution >= 4 is 12.0 Å². The number of piperidine rings is 1. The van der Waals surface area contributed by atoms with E-state index in [1.807, 2.05) is 35.2 Å². The van der Waals surface area contributed by atoms with Gasteiger partial charge in [0.1, 0.15) is 5.75 Å². The fourth-order valence-electron chi connectivity index (χ4n) is 2.46. The Morgan fingerprint density at radius 1 is 1.42 bits per heavy atom. The fourth-order valence-corrected chi connectivity index (χ4v) is 2.46. The molecule has 1 saturated heterocycles. The Morgan fingerprint density at radius 3 is 2.95 bits per heavy atom. The number of hydrogen-bond donors (Lipinski definition) is 0. The summed E-state index contributed by atoms with van der Waals surface area (Å²) in [6.07, 6.45) is 5.81. The molecule has 1 fully saturated rings. The van der Waals surface area contributed by atoms with Crippen molar-refractivity contribution in [3.05, 3.63) is 35.9 Å². The average molecular weight is 259 g/mol. The first-order valence-corrected chi connectivity index (χ1v) is 6.80. The van der Waals surface area contributed by atoms with E-state index in [1.165, 1.54) is 6.42 Å². The fraction of sp³-hybridized carbons (Fsp3) is 0.438. The molecule has 1 aliphatic rings. The van der Waals surface area contributed by atoms with Crippen molar-refractivity contribution in [1.29, 1.82) is 0 Å². The Balaban J connectivity index is 2.03. The highest BCUT2D eigenvalue weighted by atomic mass is 16.5. The van der Waals surface area contributed by atoms with E-state index in [1.54, 1.807) is 13.2 Å². The molecule has 0 N–H and O–H groups in total. The second-order valence-electron chi connectivity index (χ2n) is 5.11. The third kappa shape index (κ3) is 3.60. The summed E-state index contributed by atoms with van der Waals surface area (Å²) in [6, 6.07) is 7.70. The Bertz CT molecular complexity index is 468. The molecule has 3 heteroatoms. The van der Waals surface area contributed by atoms with E-state index in [0.717, 1.165) is 30.8 Å². The average Bonchev–Trinajstić information content (AvgIpc) is 2.45. The van der Waals surface area contributed by atoms with Crippen LogP contribution in [0.5, 0.6) is 5.75 Å². The maximum Gasteiger partial charge on any atom is 0.246 e. The number of carbonyl (C=O) groups excluding carboxylic acids is 1. The lowest BCUT2D eigenvalue weighted by molar-refractivity contribution is -0.127. The van der Waals surface area contributed by atoms with Crippen LogP contribution in [-0.4, -0.2) is 31.0 Å². The number of ether oxygens (including phenoxy) is 1. The highest BCUT2D eigenvalue weighted by Gasteiger charge is 2.18. The molecular formula is C16H21NO2. The molecule has 1 amide bonds. The van der Waals surface area contributed by atoms with Gasteiger partial charge in [-0.25, -0.2) is 0 Å². The zero-order valence-corrected chi connectivity index (χ0v) is 11.6. The summed E-state index contributed by atoms with van der Waals surface area (Å²) in [5, 5.41) is 0. The zero-order valence-electron chi connectivity index (χ0n) is 11.6. The van der Waals surface area contributed by atoms with E-state index < -0.39 is 0 Å². The molecule has 102 valence electrons. The summed E-state index contributed by atoms with van der Waals surface area (Å²) in [5.74, 6) is 1.49. The molecule has 0 aliphatic carbocycles. The van der Waals surface area contributed by atoms with Gasteiger partial charge in [0, 0.05) is 24.7 Å². The number of amides is 1. The summed E-state index contributed by atoms with van der Waals surface area (Å²) < 4.78 is 5.26. The van der Waals surface area contributed by atoms with Crippen LogP contribution in [0, 0.1) is 5.92 Å². The molecule has 0 bridgehead atoms. The van der Waals surface area contributed by atoms with E-state index in [4.69, 9.17) is 4.74 Å². The molecule has 0 aromatic heterocycles. The van der Waals surface area contributed by atoms with Crippen LogP contribution in [0.15, 0.2) is 30.3 Å². The number of nitrogens with zero attached hydrogens (tertiary/aromatic N) is 1. The van der Waals surface area contributed by atoms with Gasteiger partial charge >= 0.3 is 0 Å². The van der Waals surface area contributed by atoms with Crippen molar-refractivity contribution in [3.63, 3.8) is 0 Å². The maximum atomic E-state index is 12.1. The number of likely N-dealkylation sites (tertiary alicyclic amines) is 1. The van der Waals surface area contributed by atoms with Gasteiger partial charge in [0.2, 0.25) is 5.91 Å². The predicted octanol–water partition coefficient (Wildman–Crippen LogP) is 2.97. The second-order valence-corrected chi connectivity index (χ2v) is 5.11. The lowest BCUT2D eigenvalue weighted by Crippen LogP contribution is -2.38. The van der Waals surface area contributed by atoms with Crippen molar-refractivity contribution in [2.45, 2.75) is 19.8 Å². The van der Waals surface area contributed by atoms with Crippen LogP contribution in [0.25, 0.3) is 6.08 Å². The van der Waals surface area contributed by atoms with Gasteiger partial charge in [0.15, 0.2) is 0 Å². The van der Waals surface area contributed by atoms with Gasteiger partial charge in [-0.15, -0.1) is 0 Å². The number of benzene rings is 1. The molecule has 0 unspecified atom stereocenters. The minimum Gasteiger partial charge on any atom is -0.496 e. The smallest absolute Gasteiger partial charge is 0.246 e. The molecule has 1 heterocycles. The predicted molar refractivity (Wildman–Crippen MR) is 77.0 cm³/mol. The summed E-state index contributed by atoms with van der Waals surface area (Å²) in [7, 11) is 1.64. The van der Waals surface area contributed by atoms with Crippen LogP contribution in [-0.2, 0) is 4.79 Å². The minimum atomic E-state index is 0.0949. The SMILES string of the molecule is COc1ccccc1/C=C/C(=O)N1CCC[C@@H](C)C1. The largest absolute Gasteiger partial charge is 0.496 e. The molecular weight excluding hydrogens is 238 g/mol. The van der Waals surface area contributed by atoms with Crippen molar-refractivity contribution < 1.29 is 9.53 Å². The van der Waals surface area contributed by atoms with Crippen LogP contribution in [0.3, 0.4) is 0 Å². The van der Waals surface area contributed by atoms with E-state index in [9.17, 15) is 4.79 Å². The molecule has 1 atom stereocenters. The molecule has 3 nitrogen and oxygen atoms in total.